The van der Waals surface area contributed by atoms with E-state index in [0.717, 1.165) is 11.3 Å². The van der Waals surface area contributed by atoms with E-state index in [4.69, 9.17) is 10.5 Å². The second kappa shape index (κ2) is 5.87. The molecule has 0 aliphatic heterocycles. The van der Waals surface area contributed by atoms with Gasteiger partial charge in [0.25, 0.3) is 0 Å². The minimum Gasteiger partial charge on any atom is -0.496 e. The average Bonchev–Trinajstić information content (AvgIpc) is 3.21. The highest BCUT2D eigenvalue weighted by atomic mass is 16.5. The Labute approximate surface area is 108 Å². The van der Waals surface area contributed by atoms with Gasteiger partial charge in [0.15, 0.2) is 0 Å². The quantitative estimate of drug-likeness (QED) is 0.792. The van der Waals surface area contributed by atoms with Crippen molar-refractivity contribution in [3.63, 3.8) is 0 Å². The number of methoxy groups -OCH3 is 1. The average molecular weight is 248 g/mol. The van der Waals surface area contributed by atoms with Gasteiger partial charge in [0.1, 0.15) is 5.75 Å². The third kappa shape index (κ3) is 3.47. The normalized spacial score (nSPS) is 16.1. The van der Waals surface area contributed by atoms with E-state index >= 15 is 0 Å². The first-order valence-corrected chi connectivity index (χ1v) is 6.35. The summed E-state index contributed by atoms with van der Waals surface area (Å²) in [7, 11) is 1.61. The van der Waals surface area contributed by atoms with Gasteiger partial charge in [-0.3, -0.25) is 4.79 Å². The summed E-state index contributed by atoms with van der Waals surface area (Å²) in [5, 5.41) is 2.88. The fourth-order valence-corrected chi connectivity index (χ4v) is 2.01. The Balaban J connectivity index is 1.82. The maximum Gasteiger partial charge on any atom is 0.224 e. The van der Waals surface area contributed by atoms with Crippen LogP contribution in [-0.2, 0) is 11.2 Å². The van der Waals surface area contributed by atoms with Gasteiger partial charge >= 0.3 is 0 Å². The maximum absolute atomic E-state index is 11.8. The van der Waals surface area contributed by atoms with Crippen LogP contribution in [0, 0.1) is 5.92 Å². The Morgan fingerprint density at radius 3 is 2.89 bits per heavy atom. The van der Waals surface area contributed by atoms with Gasteiger partial charge in [-0.05, 0) is 24.8 Å². The lowest BCUT2D eigenvalue weighted by Crippen LogP contribution is -2.39. The second-order valence-electron chi connectivity index (χ2n) is 4.79. The van der Waals surface area contributed by atoms with Crippen molar-refractivity contribution in [1.82, 2.24) is 5.32 Å². The molecule has 0 aromatic heterocycles. The third-order valence-electron chi connectivity index (χ3n) is 3.31. The molecule has 1 amide bonds. The SMILES string of the molecule is COc1ccccc1CC(=O)NCC(N)C1CC1. The standard InChI is InChI=1S/C14H20N2O2/c1-18-13-5-3-2-4-11(13)8-14(17)16-9-12(15)10-6-7-10/h2-5,10,12H,6-9,15H2,1H3,(H,16,17). The van der Waals surface area contributed by atoms with Crippen LogP contribution in [0.25, 0.3) is 0 Å². The van der Waals surface area contributed by atoms with Gasteiger partial charge in [0.05, 0.1) is 13.5 Å². The van der Waals surface area contributed by atoms with E-state index in [2.05, 4.69) is 5.32 Å². The van der Waals surface area contributed by atoms with E-state index in [-0.39, 0.29) is 11.9 Å². The number of amides is 1. The number of carbonyl (C=O) groups excluding carboxylic acids is 1. The highest BCUT2D eigenvalue weighted by Gasteiger charge is 2.28. The Hall–Kier alpha value is -1.55. The van der Waals surface area contributed by atoms with Crippen molar-refractivity contribution in [1.29, 1.82) is 0 Å². The topological polar surface area (TPSA) is 64.3 Å². The van der Waals surface area contributed by atoms with Gasteiger partial charge in [0, 0.05) is 18.2 Å². The van der Waals surface area contributed by atoms with Gasteiger partial charge < -0.3 is 15.8 Å². The molecule has 98 valence electrons. The molecular weight excluding hydrogens is 228 g/mol. The van der Waals surface area contributed by atoms with Crippen LogP contribution in [0.1, 0.15) is 18.4 Å². The number of hydrogen-bond donors (Lipinski definition) is 2. The Bertz CT molecular complexity index is 416. The number of para-hydroxylation sites is 1. The molecule has 4 nitrogen and oxygen atoms in total. The molecule has 2 rings (SSSR count). The van der Waals surface area contributed by atoms with E-state index in [9.17, 15) is 4.79 Å². The lowest BCUT2D eigenvalue weighted by Gasteiger charge is -2.12. The van der Waals surface area contributed by atoms with Gasteiger partial charge in [-0.1, -0.05) is 18.2 Å². The van der Waals surface area contributed by atoms with Crippen LogP contribution in [-0.4, -0.2) is 25.6 Å². The molecule has 1 atom stereocenters. The summed E-state index contributed by atoms with van der Waals surface area (Å²) in [4.78, 5) is 11.8. The minimum atomic E-state index is -0.00407. The van der Waals surface area contributed by atoms with Gasteiger partial charge in [0.2, 0.25) is 5.91 Å². The van der Waals surface area contributed by atoms with Crippen LogP contribution in [0.4, 0.5) is 0 Å². The van der Waals surface area contributed by atoms with Gasteiger partial charge in [-0.25, -0.2) is 0 Å². The summed E-state index contributed by atoms with van der Waals surface area (Å²) >= 11 is 0. The predicted octanol–water partition coefficient (Wildman–Crippen LogP) is 1.09. The molecule has 0 heterocycles. The van der Waals surface area contributed by atoms with Gasteiger partial charge in [-0.2, -0.15) is 0 Å². The first-order valence-electron chi connectivity index (χ1n) is 6.35. The molecule has 1 fully saturated rings. The Morgan fingerprint density at radius 2 is 2.22 bits per heavy atom. The molecule has 0 bridgehead atoms. The lowest BCUT2D eigenvalue weighted by atomic mass is 10.1. The van der Waals surface area contributed by atoms with Crippen molar-refractivity contribution in [2.75, 3.05) is 13.7 Å². The van der Waals surface area contributed by atoms with E-state index in [1.807, 2.05) is 24.3 Å². The molecule has 1 saturated carbocycles. The summed E-state index contributed by atoms with van der Waals surface area (Å²) in [6.07, 6.45) is 2.73. The number of nitrogens with two attached hydrogens (primary N) is 1. The number of rotatable bonds is 6. The molecule has 3 N–H and O–H groups in total. The van der Waals surface area contributed by atoms with Crippen molar-refractivity contribution >= 4 is 5.91 Å². The first-order chi connectivity index (χ1) is 8.70. The largest absolute Gasteiger partial charge is 0.496 e. The molecule has 1 aliphatic carbocycles. The highest BCUT2D eigenvalue weighted by Crippen LogP contribution is 2.31. The number of benzene rings is 1. The molecule has 1 aromatic carbocycles. The molecule has 0 radical (unpaired) electrons. The fraction of sp³-hybridized carbons (Fsp3) is 0.500. The molecule has 1 aliphatic rings. The van der Waals surface area contributed by atoms with Crippen molar-refractivity contribution < 1.29 is 9.53 Å². The van der Waals surface area contributed by atoms with Gasteiger partial charge in [-0.15, -0.1) is 0 Å². The Morgan fingerprint density at radius 1 is 1.50 bits per heavy atom. The summed E-state index contributed by atoms with van der Waals surface area (Å²) in [6.45, 7) is 0.568. The fourth-order valence-electron chi connectivity index (χ4n) is 2.01. The van der Waals surface area contributed by atoms with E-state index < -0.39 is 0 Å². The van der Waals surface area contributed by atoms with Crippen LogP contribution in [0.5, 0.6) is 5.75 Å². The maximum atomic E-state index is 11.8. The zero-order valence-corrected chi connectivity index (χ0v) is 10.7. The van der Waals surface area contributed by atoms with Crippen molar-refractivity contribution in [3.8, 4) is 5.75 Å². The zero-order chi connectivity index (χ0) is 13.0. The molecule has 1 unspecified atom stereocenters. The third-order valence-corrected chi connectivity index (χ3v) is 3.31. The highest BCUT2D eigenvalue weighted by molar-refractivity contribution is 5.79. The summed E-state index contributed by atoms with van der Waals surface area (Å²) in [6, 6.07) is 7.66. The van der Waals surface area contributed by atoms with Crippen molar-refractivity contribution in [2.45, 2.75) is 25.3 Å². The number of nitrogens with one attached hydrogen (secondary N) is 1. The minimum absolute atomic E-state index is 0.00407. The van der Waals surface area contributed by atoms with Crippen molar-refractivity contribution in [2.24, 2.45) is 11.7 Å². The van der Waals surface area contributed by atoms with Crippen molar-refractivity contribution in [3.05, 3.63) is 29.8 Å². The molecule has 18 heavy (non-hydrogen) atoms. The summed E-state index contributed by atoms with van der Waals surface area (Å²) < 4.78 is 5.22. The molecule has 1 aromatic rings. The zero-order valence-electron chi connectivity index (χ0n) is 10.7. The van der Waals surface area contributed by atoms with Crippen LogP contribution in [0.2, 0.25) is 0 Å². The summed E-state index contributed by atoms with van der Waals surface area (Å²) in [5.74, 6) is 1.35. The van der Waals surface area contributed by atoms with Crippen LogP contribution in [0.15, 0.2) is 24.3 Å². The van der Waals surface area contributed by atoms with E-state index in [1.54, 1.807) is 7.11 Å². The Kier molecular flexibility index (Phi) is 4.20. The molecule has 0 saturated heterocycles. The van der Waals surface area contributed by atoms with E-state index in [1.165, 1.54) is 12.8 Å². The first kappa shape index (κ1) is 12.9. The number of ether oxygens (including phenoxy) is 1. The molecule has 0 spiro atoms. The van der Waals surface area contributed by atoms with Crippen LogP contribution >= 0.6 is 0 Å². The second-order valence-corrected chi connectivity index (χ2v) is 4.79. The molecular formula is C14H20N2O2. The number of hydrogen-bond acceptors (Lipinski definition) is 3. The smallest absolute Gasteiger partial charge is 0.224 e. The van der Waals surface area contributed by atoms with Crippen LogP contribution < -0.4 is 15.8 Å². The monoisotopic (exact) mass is 248 g/mol. The lowest BCUT2D eigenvalue weighted by molar-refractivity contribution is -0.120. The molecule has 4 heteroatoms. The van der Waals surface area contributed by atoms with E-state index in [0.29, 0.717) is 18.9 Å². The van der Waals surface area contributed by atoms with Crippen LogP contribution in [0.3, 0.4) is 0 Å². The number of carbonyl (C=O) groups is 1. The predicted molar refractivity (Wildman–Crippen MR) is 70.4 cm³/mol. The summed E-state index contributed by atoms with van der Waals surface area (Å²) in [5.41, 5.74) is 6.84.